The highest BCUT2D eigenvalue weighted by Crippen LogP contribution is 2.28. The Morgan fingerprint density at radius 3 is 1.94 bits per heavy atom. The van der Waals surface area contributed by atoms with Crippen LogP contribution in [-0.2, 0) is 13.0 Å². The van der Waals surface area contributed by atoms with E-state index in [-0.39, 0.29) is 12.4 Å². The number of ether oxygens (including phenoxy) is 3. The summed E-state index contributed by atoms with van der Waals surface area (Å²) >= 11 is 0. The van der Waals surface area contributed by atoms with Crippen molar-refractivity contribution in [1.29, 1.82) is 0 Å². The highest BCUT2D eigenvalue weighted by Gasteiger charge is 2.18. The number of aryl methyl sites for hydroxylation is 2. The molecular weight excluding hydrogens is 460 g/mol. The van der Waals surface area contributed by atoms with Crippen LogP contribution in [0.5, 0.6) is 17.2 Å². The summed E-state index contributed by atoms with van der Waals surface area (Å²) in [4.78, 5) is 5.11. The van der Waals surface area contributed by atoms with Crippen LogP contribution in [0, 0.1) is 13.8 Å². The molecule has 0 atom stereocenters. The molecule has 1 aliphatic rings. The molecule has 0 N–H and O–H groups in total. The largest absolute Gasteiger partial charge is 0.496 e. The fraction of sp³-hybridized carbons (Fsp3) is 0.379. The van der Waals surface area contributed by atoms with E-state index < -0.39 is 0 Å². The van der Waals surface area contributed by atoms with Gasteiger partial charge in [-0.2, -0.15) is 0 Å². The number of hydrogen-bond acceptors (Lipinski definition) is 5. The Morgan fingerprint density at radius 2 is 1.31 bits per heavy atom. The molecule has 6 heteroatoms. The molecule has 0 bridgehead atoms. The molecule has 0 amide bonds. The van der Waals surface area contributed by atoms with Crippen molar-refractivity contribution in [3.8, 4) is 17.2 Å². The molecule has 1 aliphatic heterocycles. The summed E-state index contributed by atoms with van der Waals surface area (Å²) in [5.74, 6) is 2.18. The Balaban J connectivity index is 0.00000342. The second-order valence-corrected chi connectivity index (χ2v) is 9.02. The van der Waals surface area contributed by atoms with Crippen LogP contribution in [0.4, 0.5) is 5.69 Å². The van der Waals surface area contributed by atoms with Crippen LogP contribution >= 0.6 is 12.4 Å². The zero-order chi connectivity index (χ0) is 23.9. The van der Waals surface area contributed by atoms with Crippen molar-refractivity contribution in [3.63, 3.8) is 0 Å². The van der Waals surface area contributed by atoms with Gasteiger partial charge in [0.1, 0.15) is 23.9 Å². The van der Waals surface area contributed by atoms with E-state index in [2.05, 4.69) is 66.1 Å². The van der Waals surface area contributed by atoms with Crippen molar-refractivity contribution in [1.82, 2.24) is 4.90 Å². The van der Waals surface area contributed by atoms with Gasteiger partial charge in [0.05, 0.1) is 14.2 Å². The standard InChI is InChI=1S/C29H36N2O3.ClH/c1-22-5-6-23(2)29(17-22)31-15-13-30(14-16-31)12-11-24-7-9-25(10-8-24)21-34-28-19-26(32-3)18-27(20-28)33-4;/h5-10,17-20H,11-16,21H2,1-4H3;1H. The monoisotopic (exact) mass is 496 g/mol. The molecule has 0 spiro atoms. The second-order valence-electron chi connectivity index (χ2n) is 9.02. The zero-order valence-corrected chi connectivity index (χ0v) is 22.1. The van der Waals surface area contributed by atoms with Crippen LogP contribution in [0.1, 0.15) is 22.3 Å². The van der Waals surface area contributed by atoms with Gasteiger partial charge in [-0.05, 0) is 48.6 Å². The number of piperazine rings is 1. The first-order valence-electron chi connectivity index (χ1n) is 12.0. The molecule has 0 unspecified atom stereocenters. The Labute approximate surface area is 216 Å². The number of halogens is 1. The molecule has 3 aromatic rings. The molecule has 1 saturated heterocycles. The van der Waals surface area contributed by atoms with Crippen molar-refractivity contribution in [2.45, 2.75) is 26.9 Å². The van der Waals surface area contributed by atoms with E-state index in [1.165, 1.54) is 22.4 Å². The van der Waals surface area contributed by atoms with Gasteiger partial charge < -0.3 is 19.1 Å². The first kappa shape index (κ1) is 26.7. The zero-order valence-electron chi connectivity index (χ0n) is 21.3. The van der Waals surface area contributed by atoms with E-state index in [9.17, 15) is 0 Å². The quantitative estimate of drug-likeness (QED) is 0.380. The second kappa shape index (κ2) is 12.7. The summed E-state index contributed by atoms with van der Waals surface area (Å²) in [5.41, 5.74) is 6.61. The fourth-order valence-electron chi connectivity index (χ4n) is 4.39. The predicted octanol–water partition coefficient (Wildman–Crippen LogP) is 5.69. The van der Waals surface area contributed by atoms with Gasteiger partial charge in [-0.15, -0.1) is 12.4 Å². The van der Waals surface area contributed by atoms with Gasteiger partial charge in [-0.3, -0.25) is 4.90 Å². The number of anilines is 1. The number of hydrogen-bond donors (Lipinski definition) is 0. The molecule has 1 fully saturated rings. The minimum Gasteiger partial charge on any atom is -0.496 e. The van der Waals surface area contributed by atoms with Crippen molar-refractivity contribution in [3.05, 3.63) is 82.9 Å². The van der Waals surface area contributed by atoms with E-state index in [1.807, 2.05) is 18.2 Å². The topological polar surface area (TPSA) is 34.2 Å². The summed E-state index contributed by atoms with van der Waals surface area (Å²) in [6.07, 6.45) is 1.07. The lowest BCUT2D eigenvalue weighted by Crippen LogP contribution is -2.47. The number of benzene rings is 3. The van der Waals surface area contributed by atoms with Gasteiger partial charge >= 0.3 is 0 Å². The van der Waals surface area contributed by atoms with Crippen LogP contribution in [0.2, 0.25) is 0 Å². The lowest BCUT2D eigenvalue weighted by atomic mass is 10.1. The average Bonchev–Trinajstić information content (AvgIpc) is 2.88. The van der Waals surface area contributed by atoms with Gasteiger partial charge in [-0.25, -0.2) is 0 Å². The molecule has 1 heterocycles. The predicted molar refractivity (Wildman–Crippen MR) is 146 cm³/mol. The van der Waals surface area contributed by atoms with Crippen molar-refractivity contribution < 1.29 is 14.2 Å². The molecule has 0 aliphatic carbocycles. The maximum absolute atomic E-state index is 5.96. The molecule has 35 heavy (non-hydrogen) atoms. The highest BCUT2D eigenvalue weighted by molar-refractivity contribution is 5.85. The summed E-state index contributed by atoms with van der Waals surface area (Å²) in [5, 5.41) is 0. The molecule has 0 aromatic heterocycles. The van der Waals surface area contributed by atoms with Crippen LogP contribution in [0.15, 0.2) is 60.7 Å². The van der Waals surface area contributed by atoms with E-state index in [0.717, 1.165) is 62.0 Å². The maximum Gasteiger partial charge on any atom is 0.127 e. The van der Waals surface area contributed by atoms with Gasteiger partial charge in [0.2, 0.25) is 0 Å². The SMILES string of the molecule is COc1cc(OC)cc(OCc2ccc(CCN3CCN(c4cc(C)ccc4C)CC3)cc2)c1.Cl. The first-order valence-corrected chi connectivity index (χ1v) is 12.0. The molecule has 0 saturated carbocycles. The van der Waals surface area contributed by atoms with E-state index in [4.69, 9.17) is 14.2 Å². The molecular formula is C29H37ClN2O3. The van der Waals surface area contributed by atoms with Crippen molar-refractivity contribution >= 4 is 18.1 Å². The van der Waals surface area contributed by atoms with Crippen LogP contribution in [0.25, 0.3) is 0 Å². The van der Waals surface area contributed by atoms with Crippen molar-refractivity contribution in [2.24, 2.45) is 0 Å². The van der Waals surface area contributed by atoms with Crippen molar-refractivity contribution in [2.75, 3.05) is 51.8 Å². The molecule has 0 radical (unpaired) electrons. The van der Waals surface area contributed by atoms with Crippen LogP contribution in [0.3, 0.4) is 0 Å². The smallest absolute Gasteiger partial charge is 0.127 e. The third-order valence-electron chi connectivity index (χ3n) is 6.55. The third kappa shape index (κ3) is 7.30. The Kier molecular flexibility index (Phi) is 9.70. The summed E-state index contributed by atoms with van der Waals surface area (Å²) in [7, 11) is 3.28. The first-order chi connectivity index (χ1) is 16.5. The normalized spacial score (nSPS) is 13.8. The fourth-order valence-corrected chi connectivity index (χ4v) is 4.39. The lowest BCUT2D eigenvalue weighted by Gasteiger charge is -2.37. The number of nitrogens with zero attached hydrogens (tertiary/aromatic N) is 2. The van der Waals surface area contributed by atoms with Gasteiger partial charge in [0, 0.05) is 56.6 Å². The summed E-state index contributed by atoms with van der Waals surface area (Å²) < 4.78 is 16.6. The van der Waals surface area contributed by atoms with Gasteiger partial charge in [-0.1, -0.05) is 36.4 Å². The highest BCUT2D eigenvalue weighted by atomic mass is 35.5. The average molecular weight is 497 g/mol. The Bertz CT molecular complexity index is 1060. The Hall–Kier alpha value is -2.89. The van der Waals surface area contributed by atoms with Crippen LogP contribution in [-0.4, -0.2) is 51.8 Å². The third-order valence-corrected chi connectivity index (χ3v) is 6.55. The summed E-state index contributed by atoms with van der Waals surface area (Å²) in [6.45, 7) is 10.4. The number of rotatable bonds is 9. The molecule has 4 rings (SSSR count). The number of methoxy groups -OCH3 is 2. The van der Waals surface area contributed by atoms with E-state index >= 15 is 0 Å². The molecule has 188 valence electrons. The minimum atomic E-state index is 0. The Morgan fingerprint density at radius 1 is 0.714 bits per heavy atom. The van der Waals surface area contributed by atoms with Gasteiger partial charge in [0.25, 0.3) is 0 Å². The molecule has 3 aromatic carbocycles. The molecule has 5 nitrogen and oxygen atoms in total. The van der Waals surface area contributed by atoms with Crippen LogP contribution < -0.4 is 19.1 Å². The minimum absolute atomic E-state index is 0. The van der Waals surface area contributed by atoms with Gasteiger partial charge in [0.15, 0.2) is 0 Å². The lowest BCUT2D eigenvalue weighted by molar-refractivity contribution is 0.261. The maximum atomic E-state index is 5.96. The van der Waals surface area contributed by atoms with E-state index in [1.54, 1.807) is 14.2 Å². The summed E-state index contributed by atoms with van der Waals surface area (Å²) in [6, 6.07) is 21.1. The van der Waals surface area contributed by atoms with E-state index in [0.29, 0.717) is 6.61 Å².